The Morgan fingerprint density at radius 2 is 1.72 bits per heavy atom. The number of aryl methyl sites for hydroxylation is 2. The van der Waals surface area contributed by atoms with Crippen molar-refractivity contribution in [3.8, 4) is 0 Å². The van der Waals surface area contributed by atoms with Gasteiger partial charge in [0.2, 0.25) is 0 Å². The van der Waals surface area contributed by atoms with Crippen LogP contribution in [0.25, 0.3) is 0 Å². The summed E-state index contributed by atoms with van der Waals surface area (Å²) in [5.74, 6) is -0.722. The van der Waals surface area contributed by atoms with Crippen molar-refractivity contribution in [2.45, 2.75) is 53.4 Å². The van der Waals surface area contributed by atoms with Gasteiger partial charge in [-0.25, -0.2) is 4.79 Å². The minimum Gasteiger partial charge on any atom is -0.452 e. The number of hydrogen-bond donors (Lipinski definition) is 0. The Kier molecular flexibility index (Phi) is 6.37. The molecular weight excluding hydrogens is 370 g/mol. The summed E-state index contributed by atoms with van der Waals surface area (Å²) in [6, 6.07) is 8.20. The quantitative estimate of drug-likeness (QED) is 0.723. The van der Waals surface area contributed by atoms with Gasteiger partial charge in [-0.1, -0.05) is 29.8 Å². The Morgan fingerprint density at radius 3 is 2.34 bits per heavy atom. The standard InChI is InChI=1S/C22H29N3O4/c1-14-6-8-19(9-7-14)12-25-18(5)21(17(4)23-25)22(27)28-13-20(26)24-10-15(2)29-16(3)11-24/h6-9,15-16H,10-13H2,1-5H3/t15-,16+. The van der Waals surface area contributed by atoms with Gasteiger partial charge in [0, 0.05) is 13.1 Å². The van der Waals surface area contributed by atoms with E-state index in [1.54, 1.807) is 16.5 Å². The zero-order valence-corrected chi connectivity index (χ0v) is 17.8. The minimum absolute atomic E-state index is 0.0251. The third kappa shape index (κ3) is 5.03. The predicted octanol–water partition coefficient (Wildman–Crippen LogP) is 2.65. The van der Waals surface area contributed by atoms with Crippen molar-refractivity contribution in [2.24, 2.45) is 0 Å². The van der Waals surface area contributed by atoms with Crippen molar-refractivity contribution in [3.05, 3.63) is 52.3 Å². The SMILES string of the molecule is Cc1ccc(Cn2nc(C)c(C(=O)OCC(=O)N3C[C@@H](C)O[C@@H](C)C3)c2C)cc1. The smallest absolute Gasteiger partial charge is 0.342 e. The van der Waals surface area contributed by atoms with Crippen LogP contribution in [-0.2, 0) is 20.8 Å². The highest BCUT2D eigenvalue weighted by molar-refractivity contribution is 5.93. The van der Waals surface area contributed by atoms with Crippen molar-refractivity contribution < 1.29 is 19.1 Å². The number of nitrogens with zero attached hydrogens (tertiary/aromatic N) is 3. The first-order chi connectivity index (χ1) is 13.7. The Hall–Kier alpha value is -2.67. The van der Waals surface area contributed by atoms with Gasteiger partial charge >= 0.3 is 5.97 Å². The second-order valence-electron chi connectivity index (χ2n) is 7.82. The number of carbonyl (C=O) groups excluding carboxylic acids is 2. The molecule has 2 heterocycles. The van der Waals surface area contributed by atoms with Gasteiger partial charge in [-0.15, -0.1) is 0 Å². The number of hydrogen-bond acceptors (Lipinski definition) is 5. The van der Waals surface area contributed by atoms with E-state index in [0.717, 1.165) is 11.3 Å². The van der Waals surface area contributed by atoms with Crippen LogP contribution in [0.1, 0.15) is 46.7 Å². The highest BCUT2D eigenvalue weighted by atomic mass is 16.5. The molecular formula is C22H29N3O4. The Labute approximate surface area is 171 Å². The van der Waals surface area contributed by atoms with E-state index in [1.807, 2.05) is 39.8 Å². The van der Waals surface area contributed by atoms with Crippen LogP contribution in [-0.4, -0.2) is 58.5 Å². The average molecular weight is 399 g/mol. The van der Waals surface area contributed by atoms with Gasteiger partial charge in [0.05, 0.1) is 30.1 Å². The van der Waals surface area contributed by atoms with E-state index in [4.69, 9.17) is 9.47 Å². The summed E-state index contributed by atoms with van der Waals surface area (Å²) in [5.41, 5.74) is 4.05. The van der Waals surface area contributed by atoms with Crippen molar-refractivity contribution in [1.29, 1.82) is 0 Å². The van der Waals surface area contributed by atoms with Crippen molar-refractivity contribution in [1.82, 2.24) is 14.7 Å². The Bertz CT molecular complexity index is 878. The lowest BCUT2D eigenvalue weighted by atomic mass is 10.1. The molecule has 0 N–H and O–H groups in total. The number of benzene rings is 1. The van der Waals surface area contributed by atoms with Gasteiger partial charge in [0.25, 0.3) is 5.91 Å². The highest BCUT2D eigenvalue weighted by Crippen LogP contribution is 2.17. The van der Waals surface area contributed by atoms with E-state index in [-0.39, 0.29) is 24.7 Å². The molecule has 2 atom stereocenters. The van der Waals surface area contributed by atoms with Crippen molar-refractivity contribution in [3.63, 3.8) is 0 Å². The van der Waals surface area contributed by atoms with Gasteiger partial charge in [-0.05, 0) is 40.2 Å². The molecule has 1 fully saturated rings. The molecule has 0 radical (unpaired) electrons. The van der Waals surface area contributed by atoms with Crippen LogP contribution in [0.3, 0.4) is 0 Å². The number of rotatable bonds is 5. The monoisotopic (exact) mass is 399 g/mol. The maximum atomic E-state index is 12.6. The molecule has 1 aromatic carbocycles. The summed E-state index contributed by atoms with van der Waals surface area (Å²) >= 11 is 0. The van der Waals surface area contributed by atoms with Crippen LogP contribution in [0.4, 0.5) is 0 Å². The van der Waals surface area contributed by atoms with E-state index in [9.17, 15) is 9.59 Å². The lowest BCUT2D eigenvalue weighted by Crippen LogP contribution is -2.49. The van der Waals surface area contributed by atoms with Gasteiger partial charge < -0.3 is 14.4 Å². The van der Waals surface area contributed by atoms with Crippen LogP contribution in [0.5, 0.6) is 0 Å². The largest absolute Gasteiger partial charge is 0.452 e. The van der Waals surface area contributed by atoms with Crippen LogP contribution < -0.4 is 0 Å². The van der Waals surface area contributed by atoms with Crippen molar-refractivity contribution in [2.75, 3.05) is 19.7 Å². The summed E-state index contributed by atoms with van der Waals surface area (Å²) < 4.78 is 12.8. The first-order valence-electron chi connectivity index (χ1n) is 9.94. The maximum absolute atomic E-state index is 12.6. The number of amides is 1. The van der Waals surface area contributed by atoms with E-state index < -0.39 is 5.97 Å². The molecule has 3 rings (SSSR count). The molecule has 29 heavy (non-hydrogen) atoms. The molecule has 7 nitrogen and oxygen atoms in total. The Morgan fingerprint density at radius 1 is 1.10 bits per heavy atom. The first-order valence-corrected chi connectivity index (χ1v) is 9.94. The molecule has 7 heteroatoms. The van der Waals surface area contributed by atoms with Crippen LogP contribution >= 0.6 is 0 Å². The highest BCUT2D eigenvalue weighted by Gasteiger charge is 2.27. The molecule has 0 unspecified atom stereocenters. The summed E-state index contributed by atoms with van der Waals surface area (Å²) in [7, 11) is 0. The van der Waals surface area contributed by atoms with Gasteiger partial charge in [-0.3, -0.25) is 9.48 Å². The fraction of sp³-hybridized carbons (Fsp3) is 0.500. The normalized spacial score (nSPS) is 19.3. The first kappa shape index (κ1) is 21.0. The molecule has 0 spiro atoms. The fourth-order valence-electron chi connectivity index (χ4n) is 3.68. The lowest BCUT2D eigenvalue weighted by Gasteiger charge is -2.35. The van der Waals surface area contributed by atoms with Crippen LogP contribution in [0.15, 0.2) is 24.3 Å². The number of aromatic nitrogens is 2. The molecule has 1 saturated heterocycles. The minimum atomic E-state index is -0.516. The molecule has 2 aromatic rings. The second-order valence-corrected chi connectivity index (χ2v) is 7.82. The van der Waals surface area contributed by atoms with Crippen LogP contribution in [0.2, 0.25) is 0 Å². The van der Waals surface area contributed by atoms with Gasteiger partial charge in [0.1, 0.15) is 5.56 Å². The van der Waals surface area contributed by atoms with Crippen LogP contribution in [0, 0.1) is 20.8 Å². The maximum Gasteiger partial charge on any atom is 0.342 e. The van der Waals surface area contributed by atoms with Gasteiger partial charge in [0.15, 0.2) is 6.61 Å². The second kappa shape index (κ2) is 8.78. The topological polar surface area (TPSA) is 73.7 Å². The molecule has 1 aliphatic heterocycles. The van der Waals surface area contributed by atoms with E-state index in [0.29, 0.717) is 30.9 Å². The predicted molar refractivity (Wildman–Crippen MR) is 109 cm³/mol. The summed E-state index contributed by atoms with van der Waals surface area (Å²) in [4.78, 5) is 26.8. The molecule has 1 aromatic heterocycles. The van der Waals surface area contributed by atoms with Crippen molar-refractivity contribution >= 4 is 11.9 Å². The molecule has 1 aliphatic rings. The van der Waals surface area contributed by atoms with Gasteiger partial charge in [-0.2, -0.15) is 5.10 Å². The third-order valence-corrected chi connectivity index (χ3v) is 5.14. The molecule has 0 bridgehead atoms. The lowest BCUT2D eigenvalue weighted by molar-refractivity contribution is -0.146. The molecule has 0 saturated carbocycles. The van der Waals surface area contributed by atoms with E-state index in [1.165, 1.54) is 5.56 Å². The fourth-order valence-corrected chi connectivity index (χ4v) is 3.68. The number of carbonyl (C=O) groups is 2. The summed E-state index contributed by atoms with van der Waals surface area (Å²) in [6.45, 7) is 10.8. The molecule has 1 amide bonds. The molecule has 156 valence electrons. The average Bonchev–Trinajstić information content (AvgIpc) is 2.94. The van der Waals surface area contributed by atoms with E-state index in [2.05, 4.69) is 17.2 Å². The Balaban J connectivity index is 1.64. The molecule has 0 aliphatic carbocycles. The van der Waals surface area contributed by atoms with E-state index >= 15 is 0 Å². The number of morpholine rings is 1. The number of esters is 1. The number of ether oxygens (including phenoxy) is 2. The summed E-state index contributed by atoms with van der Waals surface area (Å²) in [5, 5.41) is 4.49. The zero-order chi connectivity index (χ0) is 21.1. The zero-order valence-electron chi connectivity index (χ0n) is 17.8. The third-order valence-electron chi connectivity index (χ3n) is 5.14. The summed E-state index contributed by atoms with van der Waals surface area (Å²) in [6.07, 6.45) is -0.0502.